The van der Waals surface area contributed by atoms with Crippen molar-refractivity contribution in [2.75, 3.05) is 0 Å². The zero-order valence-electron chi connectivity index (χ0n) is 8.97. The SMILES string of the molecule is [C-]#[N+]c1cc(C(C)(C)C(C)=O)ccc1F. The third-order valence-electron chi connectivity index (χ3n) is 2.67. The van der Waals surface area contributed by atoms with Gasteiger partial charge in [-0.25, -0.2) is 9.24 Å². The minimum atomic E-state index is -0.673. The Labute approximate surface area is 88.6 Å². The van der Waals surface area contributed by atoms with Crippen molar-refractivity contribution in [1.29, 1.82) is 0 Å². The summed E-state index contributed by atoms with van der Waals surface area (Å²) in [6.07, 6.45) is 0. The van der Waals surface area contributed by atoms with Crippen LogP contribution in [0.2, 0.25) is 0 Å². The first-order valence-electron chi connectivity index (χ1n) is 4.58. The summed E-state index contributed by atoms with van der Waals surface area (Å²) in [6.45, 7) is 11.8. The maximum atomic E-state index is 13.1. The van der Waals surface area contributed by atoms with Gasteiger partial charge in [0.1, 0.15) is 11.6 Å². The van der Waals surface area contributed by atoms with Crippen LogP contribution in [0.5, 0.6) is 0 Å². The summed E-state index contributed by atoms with van der Waals surface area (Å²) in [6, 6.07) is 4.21. The number of halogens is 1. The molecule has 0 N–H and O–H groups in total. The molecule has 0 aliphatic rings. The van der Waals surface area contributed by atoms with Gasteiger partial charge >= 0.3 is 0 Å². The molecule has 0 fully saturated rings. The van der Waals surface area contributed by atoms with Crippen LogP contribution < -0.4 is 0 Å². The quantitative estimate of drug-likeness (QED) is 0.679. The van der Waals surface area contributed by atoms with E-state index in [4.69, 9.17) is 6.57 Å². The molecule has 0 atom stereocenters. The van der Waals surface area contributed by atoms with Crippen molar-refractivity contribution in [1.82, 2.24) is 0 Å². The second kappa shape index (κ2) is 3.82. The Morgan fingerprint density at radius 1 is 1.47 bits per heavy atom. The molecule has 1 rings (SSSR count). The molecule has 2 nitrogen and oxygen atoms in total. The fraction of sp³-hybridized carbons (Fsp3) is 0.333. The van der Waals surface area contributed by atoms with Gasteiger partial charge in [0.25, 0.3) is 0 Å². The normalized spacial score (nSPS) is 10.9. The lowest BCUT2D eigenvalue weighted by Gasteiger charge is -2.22. The summed E-state index contributed by atoms with van der Waals surface area (Å²) < 4.78 is 13.1. The third kappa shape index (κ3) is 2.04. The Balaban J connectivity index is 3.30. The van der Waals surface area contributed by atoms with Gasteiger partial charge in [-0.05, 0) is 38.5 Å². The average molecular weight is 205 g/mol. The second-order valence-corrected chi connectivity index (χ2v) is 3.96. The average Bonchev–Trinajstić information content (AvgIpc) is 2.18. The van der Waals surface area contributed by atoms with Crippen molar-refractivity contribution in [3.05, 3.63) is 41.0 Å². The summed E-state index contributed by atoms with van der Waals surface area (Å²) >= 11 is 0. The van der Waals surface area contributed by atoms with E-state index in [2.05, 4.69) is 4.85 Å². The molecule has 0 saturated carbocycles. The van der Waals surface area contributed by atoms with E-state index in [1.165, 1.54) is 19.1 Å². The van der Waals surface area contributed by atoms with Crippen molar-refractivity contribution in [2.24, 2.45) is 0 Å². The van der Waals surface area contributed by atoms with Crippen LogP contribution in [0.3, 0.4) is 0 Å². The van der Waals surface area contributed by atoms with Crippen molar-refractivity contribution in [2.45, 2.75) is 26.2 Å². The van der Waals surface area contributed by atoms with Crippen molar-refractivity contribution >= 4 is 11.5 Å². The Kier molecular flexibility index (Phi) is 2.90. The van der Waals surface area contributed by atoms with E-state index in [9.17, 15) is 9.18 Å². The smallest absolute Gasteiger partial charge is 0.222 e. The summed E-state index contributed by atoms with van der Waals surface area (Å²) in [7, 11) is 0. The molecule has 0 saturated heterocycles. The highest BCUT2D eigenvalue weighted by Gasteiger charge is 2.26. The number of hydrogen-bond donors (Lipinski definition) is 0. The standard InChI is InChI=1S/C12H12FNO/c1-8(15)12(2,3)9-5-6-10(13)11(7-9)14-4/h5-7H,1-3H3. The minimum Gasteiger partial charge on any atom is -0.299 e. The fourth-order valence-electron chi connectivity index (χ4n) is 1.19. The number of ketones is 1. The second-order valence-electron chi connectivity index (χ2n) is 3.96. The van der Waals surface area contributed by atoms with Crippen LogP contribution in [-0.2, 0) is 10.2 Å². The summed E-state index contributed by atoms with van der Waals surface area (Å²) in [5.41, 5.74) is -0.0446. The third-order valence-corrected chi connectivity index (χ3v) is 2.67. The van der Waals surface area contributed by atoms with Gasteiger partial charge in [0.2, 0.25) is 5.69 Å². The van der Waals surface area contributed by atoms with Crippen LogP contribution in [0.15, 0.2) is 18.2 Å². The molecule has 0 heterocycles. The molecule has 1 aromatic rings. The molecule has 0 spiro atoms. The number of nitrogens with zero attached hydrogens (tertiary/aromatic N) is 1. The summed E-state index contributed by atoms with van der Waals surface area (Å²) in [5, 5.41) is 0. The first-order chi connectivity index (χ1) is 6.89. The number of benzene rings is 1. The maximum absolute atomic E-state index is 13.1. The first kappa shape index (κ1) is 11.4. The summed E-state index contributed by atoms with van der Waals surface area (Å²) in [4.78, 5) is 14.4. The highest BCUT2D eigenvalue weighted by molar-refractivity contribution is 5.87. The van der Waals surface area contributed by atoms with Crippen LogP contribution in [0, 0.1) is 12.4 Å². The first-order valence-corrected chi connectivity index (χ1v) is 4.58. The van der Waals surface area contributed by atoms with Crippen molar-refractivity contribution in [3.63, 3.8) is 0 Å². The maximum Gasteiger partial charge on any atom is 0.222 e. The number of carbonyl (C=O) groups is 1. The predicted octanol–water partition coefficient (Wildman–Crippen LogP) is 3.24. The molecular formula is C12H12FNO. The predicted molar refractivity (Wildman–Crippen MR) is 56.4 cm³/mol. The van der Waals surface area contributed by atoms with Crippen molar-refractivity contribution < 1.29 is 9.18 Å². The monoisotopic (exact) mass is 205 g/mol. The molecule has 78 valence electrons. The Bertz CT molecular complexity index is 443. The lowest BCUT2D eigenvalue weighted by molar-refractivity contribution is -0.121. The van der Waals surface area contributed by atoms with Gasteiger partial charge in [0.15, 0.2) is 0 Å². The summed E-state index contributed by atoms with van der Waals surface area (Å²) in [5.74, 6) is -0.557. The van der Waals surface area contributed by atoms with E-state index >= 15 is 0 Å². The van der Waals surface area contributed by atoms with Crippen LogP contribution in [0.25, 0.3) is 4.85 Å². The lowest BCUT2D eigenvalue weighted by Crippen LogP contribution is -2.26. The van der Waals surface area contributed by atoms with Gasteiger partial charge in [0, 0.05) is 5.41 Å². The number of hydrogen-bond acceptors (Lipinski definition) is 1. The van der Waals surface area contributed by atoms with Gasteiger partial charge in [-0.15, -0.1) is 0 Å². The Morgan fingerprint density at radius 3 is 2.53 bits per heavy atom. The van der Waals surface area contributed by atoms with E-state index in [0.717, 1.165) is 0 Å². The minimum absolute atomic E-state index is 0.00922. The van der Waals surface area contributed by atoms with E-state index in [1.54, 1.807) is 19.9 Å². The van der Waals surface area contributed by atoms with E-state index in [-0.39, 0.29) is 11.5 Å². The highest BCUT2D eigenvalue weighted by atomic mass is 19.1. The molecular weight excluding hydrogens is 193 g/mol. The molecule has 0 unspecified atom stereocenters. The number of Topliss-reactive ketones (excluding diaryl/α,β-unsaturated/α-hetero) is 1. The van der Waals surface area contributed by atoms with Gasteiger partial charge in [0.05, 0.1) is 6.57 Å². The van der Waals surface area contributed by atoms with Crippen LogP contribution in [0.4, 0.5) is 10.1 Å². The van der Waals surface area contributed by atoms with E-state index in [1.807, 2.05) is 0 Å². The zero-order chi connectivity index (χ0) is 11.6. The molecule has 1 aromatic carbocycles. The van der Waals surface area contributed by atoms with Gasteiger partial charge in [-0.3, -0.25) is 4.79 Å². The highest BCUT2D eigenvalue weighted by Crippen LogP contribution is 2.29. The fourth-order valence-corrected chi connectivity index (χ4v) is 1.19. The van der Waals surface area contributed by atoms with Crippen LogP contribution in [-0.4, -0.2) is 5.78 Å². The van der Waals surface area contributed by atoms with E-state index in [0.29, 0.717) is 5.56 Å². The largest absolute Gasteiger partial charge is 0.299 e. The molecule has 0 bridgehead atoms. The Morgan fingerprint density at radius 2 is 2.07 bits per heavy atom. The van der Waals surface area contributed by atoms with Gasteiger partial charge in [-0.2, -0.15) is 0 Å². The molecule has 0 aromatic heterocycles. The lowest BCUT2D eigenvalue weighted by atomic mass is 9.81. The number of rotatable bonds is 2. The van der Waals surface area contributed by atoms with Gasteiger partial charge in [-0.1, -0.05) is 6.07 Å². The number of carbonyl (C=O) groups excluding carboxylic acids is 1. The van der Waals surface area contributed by atoms with Gasteiger partial charge < -0.3 is 0 Å². The topological polar surface area (TPSA) is 21.4 Å². The van der Waals surface area contributed by atoms with Crippen LogP contribution >= 0.6 is 0 Å². The molecule has 0 radical (unpaired) electrons. The molecule has 0 amide bonds. The zero-order valence-corrected chi connectivity index (χ0v) is 8.97. The molecule has 3 heteroatoms. The van der Waals surface area contributed by atoms with E-state index < -0.39 is 11.2 Å². The molecule has 15 heavy (non-hydrogen) atoms. The van der Waals surface area contributed by atoms with Crippen molar-refractivity contribution in [3.8, 4) is 0 Å². The molecule has 0 aliphatic heterocycles. The Hall–Kier alpha value is -1.69. The molecule has 0 aliphatic carbocycles. The van der Waals surface area contributed by atoms with Crippen LogP contribution in [0.1, 0.15) is 26.3 Å².